The van der Waals surface area contributed by atoms with Gasteiger partial charge in [0.05, 0.1) is 11.8 Å². The van der Waals surface area contributed by atoms with E-state index in [9.17, 15) is 9.59 Å². The van der Waals surface area contributed by atoms with E-state index in [1.54, 1.807) is 16.0 Å². The SMILES string of the molecule is Cc1[nH]ncc1C(=O)N1CCN(C=O)CC1. The summed E-state index contributed by atoms with van der Waals surface area (Å²) in [6, 6.07) is 0. The molecule has 1 saturated heterocycles. The zero-order chi connectivity index (χ0) is 11.5. The topological polar surface area (TPSA) is 69.3 Å². The van der Waals surface area contributed by atoms with Crippen LogP contribution < -0.4 is 0 Å². The van der Waals surface area contributed by atoms with E-state index in [4.69, 9.17) is 0 Å². The van der Waals surface area contributed by atoms with Crippen LogP contribution in [0, 0.1) is 6.92 Å². The van der Waals surface area contributed by atoms with E-state index in [0.29, 0.717) is 31.7 Å². The number of carbonyl (C=O) groups is 2. The van der Waals surface area contributed by atoms with Gasteiger partial charge in [-0.25, -0.2) is 0 Å². The van der Waals surface area contributed by atoms with Gasteiger partial charge in [0.25, 0.3) is 5.91 Å². The molecule has 0 saturated carbocycles. The van der Waals surface area contributed by atoms with Gasteiger partial charge in [0.1, 0.15) is 0 Å². The van der Waals surface area contributed by atoms with E-state index in [1.807, 2.05) is 6.92 Å². The van der Waals surface area contributed by atoms with Crippen LogP contribution in [0.5, 0.6) is 0 Å². The van der Waals surface area contributed by atoms with Crippen molar-refractivity contribution >= 4 is 12.3 Å². The number of aromatic nitrogens is 2. The Hall–Kier alpha value is -1.85. The van der Waals surface area contributed by atoms with Gasteiger partial charge in [-0.2, -0.15) is 5.10 Å². The molecule has 16 heavy (non-hydrogen) atoms. The van der Waals surface area contributed by atoms with Gasteiger partial charge in [-0.1, -0.05) is 0 Å². The molecule has 0 bridgehead atoms. The number of nitrogens with zero attached hydrogens (tertiary/aromatic N) is 3. The van der Waals surface area contributed by atoms with Crippen molar-refractivity contribution in [3.8, 4) is 0 Å². The molecule has 0 spiro atoms. The van der Waals surface area contributed by atoms with Crippen LogP contribution in [0.2, 0.25) is 0 Å². The largest absolute Gasteiger partial charge is 0.342 e. The predicted molar refractivity (Wildman–Crippen MR) is 56.9 cm³/mol. The van der Waals surface area contributed by atoms with Crippen LogP contribution in [0.4, 0.5) is 0 Å². The Kier molecular flexibility index (Phi) is 2.89. The van der Waals surface area contributed by atoms with Crippen molar-refractivity contribution in [2.75, 3.05) is 26.2 Å². The van der Waals surface area contributed by atoms with Crippen LogP contribution in [0.15, 0.2) is 6.20 Å². The van der Waals surface area contributed by atoms with Crippen LogP contribution in [-0.4, -0.2) is 58.5 Å². The lowest BCUT2D eigenvalue weighted by atomic mass is 10.2. The van der Waals surface area contributed by atoms with Gasteiger partial charge in [0.2, 0.25) is 6.41 Å². The number of carbonyl (C=O) groups excluding carboxylic acids is 2. The highest BCUT2D eigenvalue weighted by Gasteiger charge is 2.22. The second kappa shape index (κ2) is 4.34. The van der Waals surface area contributed by atoms with E-state index in [2.05, 4.69) is 10.2 Å². The highest BCUT2D eigenvalue weighted by atomic mass is 16.2. The summed E-state index contributed by atoms with van der Waals surface area (Å²) in [5, 5.41) is 6.57. The Balaban J connectivity index is 2.02. The number of hydrogen-bond donors (Lipinski definition) is 1. The molecule has 1 aliphatic rings. The minimum Gasteiger partial charge on any atom is -0.342 e. The third kappa shape index (κ3) is 1.91. The van der Waals surface area contributed by atoms with Crippen molar-refractivity contribution in [2.24, 2.45) is 0 Å². The molecule has 2 heterocycles. The summed E-state index contributed by atoms with van der Waals surface area (Å²) in [4.78, 5) is 26.0. The molecule has 0 unspecified atom stereocenters. The van der Waals surface area contributed by atoms with Crippen LogP contribution in [0.25, 0.3) is 0 Å². The lowest BCUT2D eigenvalue weighted by Crippen LogP contribution is -2.48. The summed E-state index contributed by atoms with van der Waals surface area (Å²) in [6.07, 6.45) is 2.37. The first-order valence-electron chi connectivity index (χ1n) is 5.21. The monoisotopic (exact) mass is 222 g/mol. The van der Waals surface area contributed by atoms with Gasteiger partial charge in [-0.15, -0.1) is 0 Å². The quantitative estimate of drug-likeness (QED) is 0.694. The summed E-state index contributed by atoms with van der Waals surface area (Å²) >= 11 is 0. The molecule has 0 atom stereocenters. The highest BCUT2D eigenvalue weighted by molar-refractivity contribution is 5.95. The Labute approximate surface area is 93.2 Å². The Morgan fingerprint density at radius 3 is 2.62 bits per heavy atom. The zero-order valence-corrected chi connectivity index (χ0v) is 9.14. The average Bonchev–Trinajstić information content (AvgIpc) is 2.75. The minimum atomic E-state index is -0.0169. The molecule has 6 heteroatoms. The Morgan fingerprint density at radius 1 is 1.44 bits per heavy atom. The van der Waals surface area contributed by atoms with E-state index < -0.39 is 0 Å². The molecule has 86 valence electrons. The van der Waals surface area contributed by atoms with E-state index in [0.717, 1.165) is 12.1 Å². The first-order valence-corrected chi connectivity index (χ1v) is 5.21. The molecular weight excluding hydrogens is 208 g/mol. The average molecular weight is 222 g/mol. The fraction of sp³-hybridized carbons (Fsp3) is 0.500. The van der Waals surface area contributed by atoms with Gasteiger partial charge in [-0.05, 0) is 6.92 Å². The molecule has 1 aromatic rings. The predicted octanol–water partition coefficient (Wildman–Crippen LogP) is -0.368. The van der Waals surface area contributed by atoms with Crippen molar-refractivity contribution in [1.82, 2.24) is 20.0 Å². The number of piperazine rings is 1. The van der Waals surface area contributed by atoms with Crippen molar-refractivity contribution < 1.29 is 9.59 Å². The maximum atomic E-state index is 12.0. The first-order chi connectivity index (χ1) is 7.72. The number of aryl methyl sites for hydroxylation is 1. The Bertz CT molecular complexity index is 393. The van der Waals surface area contributed by atoms with Crippen LogP contribution in [-0.2, 0) is 4.79 Å². The summed E-state index contributed by atoms with van der Waals surface area (Å²) in [5.74, 6) is -0.0169. The number of amides is 2. The second-order valence-electron chi connectivity index (χ2n) is 3.84. The molecule has 0 aromatic carbocycles. The van der Waals surface area contributed by atoms with Crippen LogP contribution in [0.1, 0.15) is 16.1 Å². The molecule has 0 radical (unpaired) electrons. The maximum Gasteiger partial charge on any atom is 0.257 e. The fourth-order valence-electron chi connectivity index (χ4n) is 1.77. The van der Waals surface area contributed by atoms with E-state index in [-0.39, 0.29) is 5.91 Å². The summed E-state index contributed by atoms with van der Waals surface area (Å²) < 4.78 is 0. The van der Waals surface area contributed by atoms with E-state index in [1.165, 1.54) is 0 Å². The molecule has 1 N–H and O–H groups in total. The summed E-state index contributed by atoms with van der Waals surface area (Å²) in [6.45, 7) is 4.20. The maximum absolute atomic E-state index is 12.0. The number of rotatable bonds is 2. The summed E-state index contributed by atoms with van der Waals surface area (Å²) in [7, 11) is 0. The molecule has 2 amide bonds. The Morgan fingerprint density at radius 2 is 2.12 bits per heavy atom. The molecule has 1 fully saturated rings. The first kappa shape index (κ1) is 10.7. The number of H-pyrrole nitrogens is 1. The minimum absolute atomic E-state index is 0.0169. The van der Waals surface area contributed by atoms with Crippen molar-refractivity contribution in [3.63, 3.8) is 0 Å². The lowest BCUT2D eigenvalue weighted by molar-refractivity contribution is -0.119. The molecule has 1 aromatic heterocycles. The standard InChI is InChI=1S/C10H14N4O2/c1-8-9(6-11-12-8)10(16)14-4-2-13(7-15)3-5-14/h6-7H,2-5H2,1H3,(H,11,12). The van der Waals surface area contributed by atoms with Crippen LogP contribution >= 0.6 is 0 Å². The van der Waals surface area contributed by atoms with Gasteiger partial charge in [0, 0.05) is 31.9 Å². The number of nitrogens with one attached hydrogen (secondary N) is 1. The van der Waals surface area contributed by atoms with Crippen LogP contribution in [0.3, 0.4) is 0 Å². The normalized spacial score (nSPS) is 16.3. The van der Waals surface area contributed by atoms with E-state index >= 15 is 0 Å². The second-order valence-corrected chi connectivity index (χ2v) is 3.84. The zero-order valence-electron chi connectivity index (χ0n) is 9.14. The number of aromatic amines is 1. The molecule has 2 rings (SSSR count). The molecule has 1 aliphatic heterocycles. The highest BCUT2D eigenvalue weighted by Crippen LogP contribution is 2.09. The van der Waals surface area contributed by atoms with Gasteiger partial charge < -0.3 is 9.80 Å². The third-order valence-corrected chi connectivity index (χ3v) is 2.81. The van der Waals surface area contributed by atoms with Gasteiger partial charge in [-0.3, -0.25) is 14.7 Å². The van der Waals surface area contributed by atoms with Gasteiger partial charge in [0.15, 0.2) is 0 Å². The van der Waals surface area contributed by atoms with Crippen molar-refractivity contribution in [1.29, 1.82) is 0 Å². The molecule has 6 nitrogen and oxygen atoms in total. The third-order valence-electron chi connectivity index (χ3n) is 2.81. The molecular formula is C10H14N4O2. The number of hydrogen-bond acceptors (Lipinski definition) is 3. The lowest BCUT2D eigenvalue weighted by Gasteiger charge is -2.32. The van der Waals surface area contributed by atoms with Crippen molar-refractivity contribution in [2.45, 2.75) is 6.92 Å². The summed E-state index contributed by atoms with van der Waals surface area (Å²) in [5.41, 5.74) is 1.39. The smallest absolute Gasteiger partial charge is 0.257 e. The van der Waals surface area contributed by atoms with Gasteiger partial charge >= 0.3 is 0 Å². The fourth-order valence-corrected chi connectivity index (χ4v) is 1.77. The van der Waals surface area contributed by atoms with Crippen molar-refractivity contribution in [3.05, 3.63) is 17.5 Å². The molecule has 0 aliphatic carbocycles.